The molecule has 0 radical (unpaired) electrons. The zero-order valence-electron chi connectivity index (χ0n) is 16.9. The van der Waals surface area contributed by atoms with E-state index in [-0.39, 0.29) is 25.3 Å². The van der Waals surface area contributed by atoms with Gasteiger partial charge >= 0.3 is 5.97 Å². The zero-order chi connectivity index (χ0) is 22.2. The molecule has 3 atom stereocenters. The summed E-state index contributed by atoms with van der Waals surface area (Å²) in [6.07, 6.45) is 4.49. The Balaban J connectivity index is 5.02. The van der Waals surface area contributed by atoms with Crippen molar-refractivity contribution < 1.29 is 19.5 Å². The second-order valence-corrected chi connectivity index (χ2v) is 7.57. The number of nitrogens with two attached hydrogens (primary N) is 4. The fraction of sp³-hybridized carbons (Fsp3) is 0.765. The zero-order valence-corrected chi connectivity index (χ0v) is 17.7. The van der Waals surface area contributed by atoms with Crippen molar-refractivity contribution in [2.75, 3.05) is 25.1 Å². The van der Waals surface area contributed by atoms with Crippen LogP contribution in [0.3, 0.4) is 0 Å². The number of unbranched alkanes of at least 4 members (excludes halogenated alkanes) is 1. The van der Waals surface area contributed by atoms with Crippen LogP contribution >= 0.6 is 11.8 Å². The second kappa shape index (κ2) is 15.8. The molecule has 0 saturated carbocycles. The highest BCUT2D eigenvalue weighted by molar-refractivity contribution is 7.98. The molecule has 11 N–H and O–H groups in total. The minimum absolute atomic E-state index is 0.0695. The maximum atomic E-state index is 12.6. The standard InChI is InChI=1S/C17H35N7O4S/c1-29-10-7-11(19)14(25)23-12(6-4-9-22-17(20)21)15(26)24-13(16(27)28)5-2-3-8-18/h11-13H,2-10,18-19H2,1H3,(H,23,25)(H,24,26)(H,27,28)(H4,20,21,22)/t11-,12-,13-/m0/s1. The van der Waals surface area contributed by atoms with Gasteiger partial charge in [0.25, 0.3) is 0 Å². The van der Waals surface area contributed by atoms with Crippen molar-refractivity contribution in [3.63, 3.8) is 0 Å². The van der Waals surface area contributed by atoms with E-state index < -0.39 is 35.9 Å². The predicted octanol–water partition coefficient (Wildman–Crippen LogP) is -1.70. The number of nitrogens with one attached hydrogen (secondary N) is 2. The fourth-order valence-electron chi connectivity index (χ4n) is 2.45. The van der Waals surface area contributed by atoms with E-state index in [1.807, 2.05) is 6.26 Å². The van der Waals surface area contributed by atoms with Crippen LogP contribution in [0.2, 0.25) is 0 Å². The topological polar surface area (TPSA) is 212 Å². The molecule has 0 unspecified atom stereocenters. The third-order valence-corrected chi connectivity index (χ3v) is 4.75. The van der Waals surface area contributed by atoms with Crippen molar-refractivity contribution in [2.45, 2.75) is 56.7 Å². The summed E-state index contributed by atoms with van der Waals surface area (Å²) in [5.41, 5.74) is 21.8. The summed E-state index contributed by atoms with van der Waals surface area (Å²) < 4.78 is 0. The van der Waals surface area contributed by atoms with E-state index in [9.17, 15) is 19.5 Å². The van der Waals surface area contributed by atoms with E-state index in [4.69, 9.17) is 22.9 Å². The summed E-state index contributed by atoms with van der Waals surface area (Å²) in [6.45, 7) is 0.719. The van der Waals surface area contributed by atoms with E-state index in [0.717, 1.165) is 0 Å². The normalized spacial score (nSPS) is 13.8. The molecule has 0 aromatic rings. The quantitative estimate of drug-likeness (QED) is 0.0838. The van der Waals surface area contributed by atoms with Gasteiger partial charge in [0.1, 0.15) is 12.1 Å². The monoisotopic (exact) mass is 433 g/mol. The number of hydrogen-bond donors (Lipinski definition) is 7. The van der Waals surface area contributed by atoms with Crippen LogP contribution in [0.25, 0.3) is 0 Å². The number of hydrogen-bond acceptors (Lipinski definition) is 7. The lowest BCUT2D eigenvalue weighted by atomic mass is 10.1. The van der Waals surface area contributed by atoms with Crippen molar-refractivity contribution in [3.05, 3.63) is 0 Å². The van der Waals surface area contributed by atoms with Crippen LogP contribution in [-0.4, -0.2) is 72.1 Å². The molecule has 0 saturated heterocycles. The van der Waals surface area contributed by atoms with Crippen LogP contribution < -0.4 is 33.6 Å². The van der Waals surface area contributed by atoms with Gasteiger partial charge < -0.3 is 38.7 Å². The van der Waals surface area contributed by atoms with Gasteiger partial charge in [-0.25, -0.2) is 4.79 Å². The van der Waals surface area contributed by atoms with Gasteiger partial charge in [-0.2, -0.15) is 11.8 Å². The maximum absolute atomic E-state index is 12.6. The Morgan fingerprint density at radius 3 is 2.17 bits per heavy atom. The molecule has 0 aromatic carbocycles. The van der Waals surface area contributed by atoms with Crippen molar-refractivity contribution in [2.24, 2.45) is 27.9 Å². The molecule has 12 heteroatoms. The van der Waals surface area contributed by atoms with Gasteiger partial charge in [-0.15, -0.1) is 0 Å². The first-order valence-corrected chi connectivity index (χ1v) is 11.0. The molecule has 2 amide bonds. The molecule has 0 aromatic heterocycles. The van der Waals surface area contributed by atoms with Crippen LogP contribution in [0, 0.1) is 0 Å². The summed E-state index contributed by atoms with van der Waals surface area (Å²) in [7, 11) is 0. The van der Waals surface area contributed by atoms with Crippen LogP contribution in [0.1, 0.15) is 38.5 Å². The van der Waals surface area contributed by atoms with Gasteiger partial charge in [-0.1, -0.05) is 0 Å². The smallest absolute Gasteiger partial charge is 0.326 e. The van der Waals surface area contributed by atoms with Gasteiger partial charge in [0, 0.05) is 6.54 Å². The highest BCUT2D eigenvalue weighted by Crippen LogP contribution is 2.06. The molecule has 0 aliphatic heterocycles. The fourth-order valence-corrected chi connectivity index (χ4v) is 2.94. The Morgan fingerprint density at radius 2 is 1.62 bits per heavy atom. The first-order valence-electron chi connectivity index (χ1n) is 9.56. The van der Waals surface area contributed by atoms with Crippen molar-refractivity contribution in [1.29, 1.82) is 0 Å². The molecule has 0 fully saturated rings. The maximum Gasteiger partial charge on any atom is 0.326 e. The van der Waals surface area contributed by atoms with Gasteiger partial charge in [0.15, 0.2) is 5.96 Å². The minimum Gasteiger partial charge on any atom is -0.480 e. The Morgan fingerprint density at radius 1 is 1.00 bits per heavy atom. The number of aliphatic carboxylic acids is 1. The highest BCUT2D eigenvalue weighted by atomic mass is 32.2. The second-order valence-electron chi connectivity index (χ2n) is 6.58. The number of nitrogens with zero attached hydrogens (tertiary/aromatic N) is 1. The Kier molecular flexibility index (Phi) is 14.7. The molecule has 0 aliphatic rings. The van der Waals surface area contributed by atoms with E-state index in [1.165, 1.54) is 0 Å². The molecule has 0 spiro atoms. The third kappa shape index (κ3) is 12.9. The molecule has 168 valence electrons. The van der Waals surface area contributed by atoms with E-state index >= 15 is 0 Å². The molecule has 0 aliphatic carbocycles. The van der Waals surface area contributed by atoms with Crippen LogP contribution in [0.15, 0.2) is 4.99 Å². The summed E-state index contributed by atoms with van der Waals surface area (Å²) in [6, 6.07) is -2.75. The average molecular weight is 434 g/mol. The Bertz CT molecular complexity index is 544. The number of rotatable bonds is 16. The summed E-state index contributed by atoms with van der Waals surface area (Å²) in [5.74, 6) is -1.55. The largest absolute Gasteiger partial charge is 0.480 e. The molecule has 0 rings (SSSR count). The first-order chi connectivity index (χ1) is 13.7. The lowest BCUT2D eigenvalue weighted by Gasteiger charge is -2.23. The van der Waals surface area contributed by atoms with E-state index in [1.54, 1.807) is 11.8 Å². The number of carboxylic acids is 1. The van der Waals surface area contributed by atoms with Crippen LogP contribution in [0.4, 0.5) is 0 Å². The SMILES string of the molecule is CSCC[C@H](N)C(=O)N[C@@H](CCCN=C(N)N)C(=O)N[C@@H](CCCCN)C(=O)O. The number of carboxylic acid groups (broad SMARTS) is 1. The lowest BCUT2D eigenvalue weighted by molar-refractivity contribution is -0.142. The molecular weight excluding hydrogens is 398 g/mol. The van der Waals surface area contributed by atoms with Crippen molar-refractivity contribution >= 4 is 35.5 Å². The molecular formula is C17H35N7O4S. The number of thioether (sulfide) groups is 1. The lowest BCUT2D eigenvalue weighted by Crippen LogP contribution is -2.54. The average Bonchev–Trinajstić information content (AvgIpc) is 2.66. The summed E-state index contributed by atoms with van der Waals surface area (Å²) in [4.78, 5) is 40.2. The van der Waals surface area contributed by atoms with Gasteiger partial charge in [-0.3, -0.25) is 14.6 Å². The van der Waals surface area contributed by atoms with Gasteiger partial charge in [-0.05, 0) is 57.1 Å². The number of carbonyl (C=O) groups excluding carboxylic acids is 2. The van der Waals surface area contributed by atoms with Crippen molar-refractivity contribution in [1.82, 2.24) is 10.6 Å². The Hall–Kier alpha value is -2.05. The third-order valence-electron chi connectivity index (χ3n) is 4.11. The van der Waals surface area contributed by atoms with Gasteiger partial charge in [0.2, 0.25) is 11.8 Å². The highest BCUT2D eigenvalue weighted by Gasteiger charge is 2.27. The first kappa shape index (κ1) is 27.0. The number of guanidine groups is 1. The number of amides is 2. The van der Waals surface area contributed by atoms with Crippen molar-refractivity contribution in [3.8, 4) is 0 Å². The molecule has 11 nitrogen and oxygen atoms in total. The summed E-state index contributed by atoms with van der Waals surface area (Å²) >= 11 is 1.56. The predicted molar refractivity (Wildman–Crippen MR) is 115 cm³/mol. The number of carbonyl (C=O) groups is 3. The minimum atomic E-state index is -1.14. The van der Waals surface area contributed by atoms with Gasteiger partial charge in [0.05, 0.1) is 6.04 Å². The van der Waals surface area contributed by atoms with Crippen LogP contribution in [-0.2, 0) is 14.4 Å². The van der Waals surface area contributed by atoms with E-state index in [2.05, 4.69) is 15.6 Å². The van der Waals surface area contributed by atoms with E-state index in [0.29, 0.717) is 38.0 Å². The molecule has 0 bridgehead atoms. The Labute approximate surface area is 175 Å². The number of aliphatic imine (C=N–C) groups is 1. The summed E-state index contributed by atoms with van der Waals surface area (Å²) in [5, 5.41) is 14.4. The van der Waals surface area contributed by atoms with Crippen LogP contribution in [0.5, 0.6) is 0 Å². The molecule has 29 heavy (non-hydrogen) atoms. The molecule has 0 heterocycles.